The van der Waals surface area contributed by atoms with Crippen LogP contribution in [0.25, 0.3) is 0 Å². The van der Waals surface area contributed by atoms with Crippen LogP contribution < -0.4 is 0 Å². The van der Waals surface area contributed by atoms with Gasteiger partial charge in [-0.2, -0.15) is 0 Å². The predicted molar refractivity (Wildman–Crippen MR) is 72.6 cm³/mol. The fourth-order valence-electron chi connectivity index (χ4n) is 3.91. The van der Waals surface area contributed by atoms with Gasteiger partial charge in [0.25, 0.3) is 0 Å². The van der Waals surface area contributed by atoms with Gasteiger partial charge in [0, 0.05) is 12.1 Å². The first-order valence-electron chi connectivity index (χ1n) is 7.62. The number of hydrogen-bond acceptors (Lipinski definition) is 2. The van der Waals surface area contributed by atoms with Crippen molar-refractivity contribution in [1.29, 1.82) is 0 Å². The Labute approximate surface area is 111 Å². The van der Waals surface area contributed by atoms with Crippen molar-refractivity contribution in [3.63, 3.8) is 0 Å². The van der Waals surface area contributed by atoms with Crippen molar-refractivity contribution in [3.05, 3.63) is 0 Å². The molecule has 0 spiro atoms. The molecule has 3 nitrogen and oxygen atoms in total. The Morgan fingerprint density at radius 1 is 1.22 bits per heavy atom. The van der Waals surface area contributed by atoms with Crippen LogP contribution in [-0.2, 0) is 4.79 Å². The molecule has 1 saturated carbocycles. The average Bonchev–Trinajstić information content (AvgIpc) is 2.60. The summed E-state index contributed by atoms with van der Waals surface area (Å²) in [6.07, 6.45) is 8.72. The van der Waals surface area contributed by atoms with Gasteiger partial charge in [-0.3, -0.25) is 9.69 Å². The maximum absolute atomic E-state index is 11.2. The molecular formula is C15H27NO2. The van der Waals surface area contributed by atoms with Gasteiger partial charge in [-0.05, 0) is 45.1 Å². The molecule has 0 radical (unpaired) electrons. The van der Waals surface area contributed by atoms with E-state index in [1.54, 1.807) is 0 Å². The SMILES string of the molecule is CCC1CCCC(N2CCC(C(=O)O)C2C)CC1. The van der Waals surface area contributed by atoms with Gasteiger partial charge >= 0.3 is 5.97 Å². The van der Waals surface area contributed by atoms with Crippen LogP contribution in [0.15, 0.2) is 0 Å². The second kappa shape index (κ2) is 6.05. The molecular weight excluding hydrogens is 226 g/mol. The molecule has 1 N–H and O–H groups in total. The van der Waals surface area contributed by atoms with Crippen molar-refractivity contribution in [2.24, 2.45) is 11.8 Å². The van der Waals surface area contributed by atoms with Crippen molar-refractivity contribution >= 4 is 5.97 Å². The molecule has 1 aliphatic carbocycles. The lowest BCUT2D eigenvalue weighted by Gasteiger charge is -2.31. The number of aliphatic carboxylic acids is 1. The number of hydrogen-bond donors (Lipinski definition) is 1. The van der Waals surface area contributed by atoms with Gasteiger partial charge in [0.2, 0.25) is 0 Å². The Balaban J connectivity index is 1.94. The van der Waals surface area contributed by atoms with E-state index in [-0.39, 0.29) is 12.0 Å². The summed E-state index contributed by atoms with van der Waals surface area (Å²) in [5.74, 6) is 0.156. The van der Waals surface area contributed by atoms with E-state index in [9.17, 15) is 9.90 Å². The molecule has 1 aliphatic heterocycles. The van der Waals surface area contributed by atoms with Gasteiger partial charge in [-0.25, -0.2) is 0 Å². The Morgan fingerprint density at radius 2 is 2.00 bits per heavy atom. The van der Waals surface area contributed by atoms with Gasteiger partial charge in [0.15, 0.2) is 0 Å². The number of likely N-dealkylation sites (tertiary alicyclic amines) is 1. The number of carboxylic acid groups (broad SMARTS) is 1. The second-order valence-corrected chi connectivity index (χ2v) is 6.15. The molecule has 3 heteroatoms. The largest absolute Gasteiger partial charge is 0.481 e. The molecule has 2 rings (SSSR count). The molecule has 1 heterocycles. The summed E-state index contributed by atoms with van der Waals surface area (Å²) < 4.78 is 0. The van der Waals surface area contributed by atoms with E-state index < -0.39 is 5.97 Å². The van der Waals surface area contributed by atoms with Crippen LogP contribution in [0, 0.1) is 11.8 Å². The molecule has 0 amide bonds. The number of nitrogens with zero attached hydrogens (tertiary/aromatic N) is 1. The summed E-state index contributed by atoms with van der Waals surface area (Å²) in [6, 6.07) is 0.867. The summed E-state index contributed by atoms with van der Waals surface area (Å²) in [5.41, 5.74) is 0. The minimum atomic E-state index is -0.606. The normalized spacial score (nSPS) is 38.6. The molecule has 1 saturated heterocycles. The van der Waals surface area contributed by atoms with Crippen LogP contribution >= 0.6 is 0 Å². The smallest absolute Gasteiger partial charge is 0.308 e. The first-order chi connectivity index (χ1) is 8.63. The third kappa shape index (κ3) is 2.87. The molecule has 0 aromatic rings. The van der Waals surface area contributed by atoms with Crippen LogP contribution in [0.5, 0.6) is 0 Å². The van der Waals surface area contributed by atoms with Crippen molar-refractivity contribution in [2.75, 3.05) is 6.54 Å². The Bertz CT molecular complexity index is 292. The van der Waals surface area contributed by atoms with Crippen LogP contribution in [0.2, 0.25) is 0 Å². The van der Waals surface area contributed by atoms with E-state index in [2.05, 4.69) is 18.7 Å². The van der Waals surface area contributed by atoms with Crippen molar-refractivity contribution in [2.45, 2.75) is 70.9 Å². The van der Waals surface area contributed by atoms with E-state index in [1.807, 2.05) is 0 Å². The third-order valence-corrected chi connectivity index (χ3v) is 5.23. The van der Waals surface area contributed by atoms with E-state index in [0.717, 1.165) is 18.9 Å². The van der Waals surface area contributed by atoms with Crippen LogP contribution in [0.4, 0.5) is 0 Å². The topological polar surface area (TPSA) is 40.5 Å². The highest BCUT2D eigenvalue weighted by molar-refractivity contribution is 5.71. The minimum absolute atomic E-state index is 0.143. The van der Waals surface area contributed by atoms with Gasteiger partial charge in [0.1, 0.15) is 0 Å². The van der Waals surface area contributed by atoms with Crippen molar-refractivity contribution in [3.8, 4) is 0 Å². The highest BCUT2D eigenvalue weighted by atomic mass is 16.4. The summed E-state index contributed by atoms with van der Waals surface area (Å²) in [5, 5.41) is 9.21. The van der Waals surface area contributed by atoms with E-state index in [0.29, 0.717) is 6.04 Å². The van der Waals surface area contributed by atoms with Crippen LogP contribution in [0.1, 0.15) is 58.8 Å². The van der Waals surface area contributed by atoms with E-state index >= 15 is 0 Å². The summed E-state index contributed by atoms with van der Waals surface area (Å²) in [4.78, 5) is 13.7. The second-order valence-electron chi connectivity index (χ2n) is 6.15. The Kier molecular flexibility index (Phi) is 4.66. The number of rotatable bonds is 3. The first-order valence-corrected chi connectivity index (χ1v) is 7.62. The monoisotopic (exact) mass is 253 g/mol. The standard InChI is InChI=1S/C15H27NO2/c1-3-12-5-4-6-13(8-7-12)16-10-9-14(11(16)2)15(17)18/h11-14H,3-10H2,1-2H3,(H,17,18). The maximum Gasteiger partial charge on any atom is 0.308 e. The van der Waals surface area contributed by atoms with Crippen molar-refractivity contribution < 1.29 is 9.90 Å². The molecule has 104 valence electrons. The zero-order valence-corrected chi connectivity index (χ0v) is 11.8. The molecule has 0 bridgehead atoms. The summed E-state index contributed by atoms with van der Waals surface area (Å²) in [7, 11) is 0. The lowest BCUT2D eigenvalue weighted by Crippen LogP contribution is -2.40. The molecule has 2 fully saturated rings. The molecule has 18 heavy (non-hydrogen) atoms. The highest BCUT2D eigenvalue weighted by Gasteiger charge is 2.39. The van der Waals surface area contributed by atoms with Crippen LogP contribution in [0.3, 0.4) is 0 Å². The van der Waals surface area contributed by atoms with Crippen LogP contribution in [-0.4, -0.2) is 34.6 Å². The predicted octanol–water partition coefficient (Wildman–Crippen LogP) is 3.14. The quantitative estimate of drug-likeness (QED) is 0.786. The Morgan fingerprint density at radius 3 is 2.61 bits per heavy atom. The zero-order valence-electron chi connectivity index (χ0n) is 11.8. The fraction of sp³-hybridized carbons (Fsp3) is 0.933. The lowest BCUT2D eigenvalue weighted by atomic mass is 9.97. The fourth-order valence-corrected chi connectivity index (χ4v) is 3.91. The maximum atomic E-state index is 11.2. The molecule has 0 aromatic carbocycles. The summed E-state index contributed by atoms with van der Waals surface area (Å²) in [6.45, 7) is 5.39. The zero-order chi connectivity index (χ0) is 13.1. The van der Waals surface area contributed by atoms with E-state index in [1.165, 1.54) is 38.5 Å². The van der Waals surface area contributed by atoms with E-state index in [4.69, 9.17) is 0 Å². The molecule has 4 atom stereocenters. The minimum Gasteiger partial charge on any atom is -0.481 e. The highest BCUT2D eigenvalue weighted by Crippen LogP contribution is 2.33. The number of carboxylic acids is 1. The molecule has 4 unspecified atom stereocenters. The Hall–Kier alpha value is -0.570. The summed E-state index contributed by atoms with van der Waals surface area (Å²) >= 11 is 0. The average molecular weight is 253 g/mol. The third-order valence-electron chi connectivity index (χ3n) is 5.23. The van der Waals surface area contributed by atoms with Crippen molar-refractivity contribution in [1.82, 2.24) is 4.90 Å². The van der Waals surface area contributed by atoms with Gasteiger partial charge in [-0.1, -0.05) is 26.2 Å². The van der Waals surface area contributed by atoms with Gasteiger partial charge < -0.3 is 5.11 Å². The number of carbonyl (C=O) groups is 1. The lowest BCUT2D eigenvalue weighted by molar-refractivity contribution is -0.142. The molecule has 2 aliphatic rings. The van der Waals surface area contributed by atoms with Gasteiger partial charge in [0.05, 0.1) is 5.92 Å². The van der Waals surface area contributed by atoms with Gasteiger partial charge in [-0.15, -0.1) is 0 Å². The first kappa shape index (κ1) is 13.9. The molecule has 0 aromatic heterocycles.